The Morgan fingerprint density at radius 2 is 2.21 bits per heavy atom. The summed E-state index contributed by atoms with van der Waals surface area (Å²) >= 11 is 0. The van der Waals surface area contributed by atoms with Gasteiger partial charge in [-0.05, 0) is 24.6 Å². The van der Waals surface area contributed by atoms with Crippen LogP contribution in [-0.2, 0) is 10.9 Å². The van der Waals surface area contributed by atoms with Crippen LogP contribution in [0.15, 0.2) is 24.3 Å². The van der Waals surface area contributed by atoms with Gasteiger partial charge in [-0.15, -0.1) is 0 Å². The third kappa shape index (κ3) is 3.84. The number of hydrogen-bond acceptors (Lipinski definition) is 3. The molecule has 3 nitrogen and oxygen atoms in total. The van der Waals surface area contributed by atoms with Crippen molar-refractivity contribution in [2.24, 2.45) is 5.92 Å². The van der Waals surface area contributed by atoms with Crippen LogP contribution in [0.25, 0.3) is 0 Å². The first kappa shape index (κ1) is 14.1. The summed E-state index contributed by atoms with van der Waals surface area (Å²) in [6, 6.07) is 4.63. The van der Waals surface area contributed by atoms with Crippen LogP contribution < -0.4 is 4.74 Å². The molecule has 0 spiro atoms. The van der Waals surface area contributed by atoms with Crippen LogP contribution >= 0.6 is 0 Å². The minimum atomic E-state index is -4.39. The molecule has 1 heterocycles. The molecule has 1 aliphatic rings. The lowest BCUT2D eigenvalue weighted by molar-refractivity contribution is -0.137. The molecule has 0 radical (unpaired) electrons. The zero-order valence-corrected chi connectivity index (χ0v) is 10.2. The molecule has 1 fully saturated rings. The molecule has 106 valence electrons. The molecule has 1 aliphatic heterocycles. The Balaban J connectivity index is 1.92. The first-order valence-corrected chi connectivity index (χ1v) is 6.02. The van der Waals surface area contributed by atoms with Crippen LogP contribution in [0.1, 0.15) is 12.0 Å². The summed E-state index contributed by atoms with van der Waals surface area (Å²) in [6.07, 6.45) is -4.37. The Kier molecular flexibility index (Phi) is 4.31. The van der Waals surface area contributed by atoms with Gasteiger partial charge in [-0.2, -0.15) is 13.2 Å². The first-order chi connectivity index (χ1) is 8.97. The molecule has 1 aromatic carbocycles. The maximum Gasteiger partial charge on any atom is 0.416 e. The van der Waals surface area contributed by atoms with Crippen LogP contribution in [0.2, 0.25) is 0 Å². The van der Waals surface area contributed by atoms with E-state index in [9.17, 15) is 18.3 Å². The van der Waals surface area contributed by atoms with Crippen LogP contribution in [-0.4, -0.2) is 31.0 Å². The largest absolute Gasteiger partial charge is 0.491 e. The van der Waals surface area contributed by atoms with Gasteiger partial charge < -0.3 is 14.6 Å². The number of hydrogen-bond donors (Lipinski definition) is 1. The van der Waals surface area contributed by atoms with Gasteiger partial charge in [0, 0.05) is 12.5 Å². The van der Waals surface area contributed by atoms with Crippen LogP contribution in [0, 0.1) is 5.92 Å². The highest BCUT2D eigenvalue weighted by Crippen LogP contribution is 2.31. The lowest BCUT2D eigenvalue weighted by Crippen LogP contribution is -2.27. The van der Waals surface area contributed by atoms with E-state index in [1.807, 2.05) is 0 Å². The average Bonchev–Trinajstić information content (AvgIpc) is 2.89. The van der Waals surface area contributed by atoms with Gasteiger partial charge in [0.1, 0.15) is 12.4 Å². The number of aliphatic hydroxyl groups excluding tert-OH is 1. The summed E-state index contributed by atoms with van der Waals surface area (Å²) in [5, 5.41) is 9.81. The fourth-order valence-corrected chi connectivity index (χ4v) is 1.94. The maximum absolute atomic E-state index is 12.5. The zero-order valence-electron chi connectivity index (χ0n) is 10.2. The Labute approximate surface area is 108 Å². The number of alkyl halides is 3. The quantitative estimate of drug-likeness (QED) is 0.918. The number of ether oxygens (including phenoxy) is 2. The van der Waals surface area contributed by atoms with E-state index in [1.54, 1.807) is 0 Å². The summed E-state index contributed by atoms with van der Waals surface area (Å²) in [5.41, 5.74) is -0.760. The Hall–Kier alpha value is -1.27. The summed E-state index contributed by atoms with van der Waals surface area (Å²) in [7, 11) is 0. The molecular weight excluding hydrogens is 261 g/mol. The number of halogens is 3. The molecule has 2 rings (SSSR count). The van der Waals surface area contributed by atoms with Crippen molar-refractivity contribution < 1.29 is 27.8 Å². The van der Waals surface area contributed by atoms with Gasteiger partial charge in [-0.3, -0.25) is 0 Å². The second-order valence-corrected chi connectivity index (χ2v) is 4.53. The third-order valence-electron chi connectivity index (χ3n) is 3.09. The maximum atomic E-state index is 12.5. The van der Waals surface area contributed by atoms with Crippen LogP contribution in [0.3, 0.4) is 0 Å². The fourth-order valence-electron chi connectivity index (χ4n) is 1.94. The van der Waals surface area contributed by atoms with E-state index in [4.69, 9.17) is 9.47 Å². The Morgan fingerprint density at radius 3 is 2.84 bits per heavy atom. The third-order valence-corrected chi connectivity index (χ3v) is 3.09. The number of aliphatic hydroxyl groups is 1. The second-order valence-electron chi connectivity index (χ2n) is 4.53. The van der Waals surface area contributed by atoms with Crippen molar-refractivity contribution in [1.29, 1.82) is 0 Å². The molecule has 1 saturated heterocycles. The van der Waals surface area contributed by atoms with Crippen molar-refractivity contribution in [2.45, 2.75) is 18.7 Å². The topological polar surface area (TPSA) is 38.7 Å². The van der Waals surface area contributed by atoms with Gasteiger partial charge >= 0.3 is 6.18 Å². The lowest BCUT2D eigenvalue weighted by atomic mass is 10.0. The highest BCUT2D eigenvalue weighted by atomic mass is 19.4. The van der Waals surface area contributed by atoms with Crippen molar-refractivity contribution in [2.75, 3.05) is 19.8 Å². The predicted molar refractivity (Wildman–Crippen MR) is 61.9 cm³/mol. The molecule has 1 N–H and O–H groups in total. The average molecular weight is 276 g/mol. The molecule has 6 heteroatoms. The fraction of sp³-hybridized carbons (Fsp3) is 0.538. The summed E-state index contributed by atoms with van der Waals surface area (Å²) in [4.78, 5) is 0. The SMILES string of the molecule is OC(COc1cccc(C(F)(F)F)c1)C1CCOC1. The normalized spacial score (nSPS) is 21.4. The van der Waals surface area contributed by atoms with Crippen LogP contribution in [0.5, 0.6) is 5.75 Å². The minimum absolute atomic E-state index is 0.00852. The van der Waals surface area contributed by atoms with E-state index in [2.05, 4.69) is 0 Å². The van der Waals surface area contributed by atoms with E-state index < -0.39 is 17.8 Å². The molecule has 2 atom stereocenters. The Morgan fingerprint density at radius 1 is 1.42 bits per heavy atom. The van der Waals surface area contributed by atoms with Crippen molar-refractivity contribution >= 4 is 0 Å². The van der Waals surface area contributed by atoms with Gasteiger partial charge in [-0.1, -0.05) is 6.07 Å². The predicted octanol–water partition coefficient (Wildman–Crippen LogP) is 2.48. The first-order valence-electron chi connectivity index (χ1n) is 6.02. The van der Waals surface area contributed by atoms with Gasteiger partial charge in [0.15, 0.2) is 0 Å². The molecule has 1 aromatic rings. The minimum Gasteiger partial charge on any atom is -0.491 e. The van der Waals surface area contributed by atoms with Crippen molar-refractivity contribution in [3.05, 3.63) is 29.8 Å². The number of benzene rings is 1. The molecule has 0 aliphatic carbocycles. The molecule has 0 saturated carbocycles. The standard InChI is InChI=1S/C13H15F3O3/c14-13(15,16)10-2-1-3-11(6-10)19-8-12(17)9-4-5-18-7-9/h1-3,6,9,12,17H,4-5,7-8H2. The zero-order chi connectivity index (χ0) is 13.9. The second kappa shape index (κ2) is 5.79. The molecule has 0 bridgehead atoms. The van der Waals surface area contributed by atoms with Gasteiger partial charge in [0.2, 0.25) is 0 Å². The van der Waals surface area contributed by atoms with E-state index in [1.165, 1.54) is 12.1 Å². The van der Waals surface area contributed by atoms with Gasteiger partial charge in [0.05, 0.1) is 18.3 Å². The van der Waals surface area contributed by atoms with E-state index in [-0.39, 0.29) is 18.3 Å². The molecule has 0 amide bonds. The highest BCUT2D eigenvalue weighted by molar-refractivity contribution is 5.30. The van der Waals surface area contributed by atoms with E-state index in [0.717, 1.165) is 18.6 Å². The molecule has 0 aromatic heterocycles. The summed E-state index contributed by atoms with van der Waals surface area (Å²) < 4.78 is 47.8. The van der Waals surface area contributed by atoms with Crippen LogP contribution in [0.4, 0.5) is 13.2 Å². The summed E-state index contributed by atoms with van der Waals surface area (Å²) in [6.45, 7) is 1.04. The van der Waals surface area contributed by atoms with Gasteiger partial charge in [0.25, 0.3) is 0 Å². The number of rotatable bonds is 4. The summed E-state index contributed by atoms with van der Waals surface area (Å²) in [5.74, 6) is 0.0959. The van der Waals surface area contributed by atoms with Gasteiger partial charge in [-0.25, -0.2) is 0 Å². The van der Waals surface area contributed by atoms with Crippen molar-refractivity contribution in [1.82, 2.24) is 0 Å². The van der Waals surface area contributed by atoms with E-state index in [0.29, 0.717) is 13.2 Å². The lowest BCUT2D eigenvalue weighted by Gasteiger charge is -2.17. The highest BCUT2D eigenvalue weighted by Gasteiger charge is 2.30. The molecular formula is C13H15F3O3. The van der Waals surface area contributed by atoms with Crippen molar-refractivity contribution in [3.63, 3.8) is 0 Å². The monoisotopic (exact) mass is 276 g/mol. The van der Waals surface area contributed by atoms with E-state index >= 15 is 0 Å². The molecule has 2 unspecified atom stereocenters. The smallest absolute Gasteiger partial charge is 0.416 e. The molecule has 19 heavy (non-hydrogen) atoms. The Bertz CT molecular complexity index is 414. The van der Waals surface area contributed by atoms with Crippen molar-refractivity contribution in [3.8, 4) is 5.75 Å².